The maximum Gasteiger partial charge on any atom is 0.246 e. The zero-order valence-electron chi connectivity index (χ0n) is 19.1. The van der Waals surface area contributed by atoms with Crippen LogP contribution in [0, 0.1) is 13.8 Å². The third kappa shape index (κ3) is 4.06. The lowest BCUT2D eigenvalue weighted by atomic mass is 10.1. The van der Waals surface area contributed by atoms with Crippen molar-refractivity contribution in [1.29, 1.82) is 0 Å². The number of hydrogen-bond acceptors (Lipinski definition) is 4. The fraction of sp³-hybridized carbons (Fsp3) is 0.478. The predicted molar refractivity (Wildman–Crippen MR) is 124 cm³/mol. The third-order valence-corrected chi connectivity index (χ3v) is 8.37. The number of nitrogens with zero attached hydrogens (tertiary/aromatic N) is 4. The number of rotatable bonds is 6. The second kappa shape index (κ2) is 8.71. The number of carbonyl (C=O) groups is 1. The highest BCUT2D eigenvalue weighted by molar-refractivity contribution is 7.89. The fourth-order valence-electron chi connectivity index (χ4n) is 4.57. The number of aromatic amines is 1. The van der Waals surface area contributed by atoms with Crippen LogP contribution >= 0.6 is 0 Å². The zero-order chi connectivity index (χ0) is 23.0. The van der Waals surface area contributed by atoms with Gasteiger partial charge in [0.15, 0.2) is 0 Å². The summed E-state index contributed by atoms with van der Waals surface area (Å²) in [5, 5.41) is 5.57. The maximum atomic E-state index is 13.3. The van der Waals surface area contributed by atoms with Crippen LogP contribution in [0.3, 0.4) is 0 Å². The number of H-pyrrole nitrogens is 1. The van der Waals surface area contributed by atoms with Crippen molar-refractivity contribution in [3.63, 3.8) is 0 Å². The van der Waals surface area contributed by atoms with Crippen LogP contribution in [0.25, 0.3) is 10.9 Å². The van der Waals surface area contributed by atoms with E-state index in [4.69, 9.17) is 0 Å². The van der Waals surface area contributed by atoms with Gasteiger partial charge in [-0.05, 0) is 45.7 Å². The van der Waals surface area contributed by atoms with E-state index in [0.29, 0.717) is 55.3 Å². The van der Waals surface area contributed by atoms with Gasteiger partial charge in [-0.15, -0.1) is 0 Å². The number of nitrogens with one attached hydrogen (secondary N) is 1. The quantitative estimate of drug-likeness (QED) is 0.616. The van der Waals surface area contributed by atoms with E-state index < -0.39 is 10.0 Å². The van der Waals surface area contributed by atoms with E-state index >= 15 is 0 Å². The first-order chi connectivity index (χ1) is 15.2. The highest BCUT2D eigenvalue weighted by atomic mass is 32.2. The van der Waals surface area contributed by atoms with Crippen molar-refractivity contribution in [1.82, 2.24) is 24.0 Å². The highest BCUT2D eigenvalue weighted by Gasteiger charge is 2.34. The van der Waals surface area contributed by atoms with Gasteiger partial charge in [-0.3, -0.25) is 9.48 Å². The number of para-hydroxylation sites is 1. The van der Waals surface area contributed by atoms with Gasteiger partial charge in [-0.25, -0.2) is 8.42 Å². The first-order valence-corrected chi connectivity index (χ1v) is 12.5. The van der Waals surface area contributed by atoms with Gasteiger partial charge in [0.1, 0.15) is 4.90 Å². The van der Waals surface area contributed by atoms with Crippen molar-refractivity contribution in [2.45, 2.75) is 51.5 Å². The van der Waals surface area contributed by atoms with Gasteiger partial charge < -0.3 is 9.88 Å². The SMILES string of the molecule is Cc1nn(C(C)C)c(C)c1S(=O)(=O)N1CCN(C(=O)CCc2c[nH]c3ccccc23)CC1. The molecule has 1 aliphatic heterocycles. The summed E-state index contributed by atoms with van der Waals surface area (Å²) < 4.78 is 29.9. The minimum absolute atomic E-state index is 0.0623. The van der Waals surface area contributed by atoms with E-state index in [2.05, 4.69) is 16.1 Å². The van der Waals surface area contributed by atoms with Crippen LogP contribution in [0.15, 0.2) is 35.4 Å². The minimum atomic E-state index is -3.65. The monoisotopic (exact) mass is 457 g/mol. The molecule has 0 atom stereocenters. The van der Waals surface area contributed by atoms with Gasteiger partial charge in [-0.2, -0.15) is 9.40 Å². The Balaban J connectivity index is 1.39. The van der Waals surface area contributed by atoms with Gasteiger partial charge >= 0.3 is 0 Å². The van der Waals surface area contributed by atoms with Crippen LogP contribution in [0.1, 0.15) is 43.3 Å². The Labute approximate surface area is 189 Å². The Kier molecular flexibility index (Phi) is 6.13. The van der Waals surface area contributed by atoms with Crippen molar-refractivity contribution in [3.8, 4) is 0 Å². The van der Waals surface area contributed by atoms with Crippen molar-refractivity contribution in [2.24, 2.45) is 0 Å². The molecule has 1 aromatic carbocycles. The molecule has 1 N–H and O–H groups in total. The van der Waals surface area contributed by atoms with Crippen LogP contribution in [0.2, 0.25) is 0 Å². The predicted octanol–water partition coefficient (Wildman–Crippen LogP) is 3.03. The van der Waals surface area contributed by atoms with Gasteiger partial charge in [0.25, 0.3) is 0 Å². The van der Waals surface area contributed by atoms with Crippen LogP contribution in [0.4, 0.5) is 0 Å². The summed E-state index contributed by atoms with van der Waals surface area (Å²) in [7, 11) is -3.65. The van der Waals surface area contributed by atoms with Gasteiger partial charge in [0.2, 0.25) is 15.9 Å². The summed E-state index contributed by atoms with van der Waals surface area (Å²) in [5.41, 5.74) is 3.38. The summed E-state index contributed by atoms with van der Waals surface area (Å²) in [4.78, 5) is 18.1. The number of aromatic nitrogens is 3. The Morgan fingerprint density at radius 1 is 1.12 bits per heavy atom. The molecule has 4 rings (SSSR count). The molecule has 0 unspecified atom stereocenters. The molecule has 3 heterocycles. The average Bonchev–Trinajstić information content (AvgIpc) is 3.32. The number of piperazine rings is 1. The summed E-state index contributed by atoms with van der Waals surface area (Å²) in [6.45, 7) is 8.91. The van der Waals surface area contributed by atoms with Crippen LogP contribution in [-0.2, 0) is 21.2 Å². The summed E-state index contributed by atoms with van der Waals surface area (Å²) in [6, 6.07) is 8.15. The number of sulfonamides is 1. The molecule has 8 nitrogen and oxygen atoms in total. The number of benzene rings is 1. The van der Waals surface area contributed by atoms with E-state index in [1.54, 1.807) is 23.4 Å². The number of fused-ring (bicyclic) bond motifs is 1. The van der Waals surface area contributed by atoms with E-state index in [-0.39, 0.29) is 11.9 Å². The second-order valence-corrected chi connectivity index (χ2v) is 10.6. The maximum absolute atomic E-state index is 13.3. The number of aryl methyl sites for hydroxylation is 2. The standard InChI is InChI=1S/C23H31N5O3S/c1-16(2)28-18(4)23(17(3)25-28)32(30,31)27-13-11-26(12-14-27)22(29)10-9-19-15-24-21-8-6-5-7-20(19)21/h5-8,15-16,24H,9-14H2,1-4H3. The lowest BCUT2D eigenvalue weighted by Gasteiger charge is -2.34. The lowest BCUT2D eigenvalue weighted by Crippen LogP contribution is -2.50. The molecule has 0 spiro atoms. The smallest absolute Gasteiger partial charge is 0.246 e. The van der Waals surface area contributed by atoms with E-state index in [1.165, 1.54) is 4.31 Å². The first-order valence-electron chi connectivity index (χ1n) is 11.1. The highest BCUT2D eigenvalue weighted by Crippen LogP contribution is 2.26. The number of hydrogen-bond donors (Lipinski definition) is 1. The van der Waals surface area contributed by atoms with Crippen LogP contribution < -0.4 is 0 Å². The van der Waals surface area contributed by atoms with Crippen LogP contribution in [-0.4, -0.2) is 64.5 Å². The van der Waals surface area contributed by atoms with Crippen LogP contribution in [0.5, 0.6) is 0 Å². The molecular weight excluding hydrogens is 426 g/mol. The Hall–Kier alpha value is -2.65. The van der Waals surface area contributed by atoms with Crippen molar-refractivity contribution < 1.29 is 13.2 Å². The van der Waals surface area contributed by atoms with E-state index in [1.807, 2.05) is 38.2 Å². The Bertz CT molecular complexity index is 1230. The Morgan fingerprint density at radius 2 is 1.81 bits per heavy atom. The van der Waals surface area contributed by atoms with Crippen molar-refractivity contribution >= 4 is 26.8 Å². The van der Waals surface area contributed by atoms with Gasteiger partial charge in [-0.1, -0.05) is 18.2 Å². The molecular formula is C23H31N5O3S. The molecule has 2 aromatic heterocycles. The number of carbonyl (C=O) groups excluding carboxylic acids is 1. The minimum Gasteiger partial charge on any atom is -0.361 e. The van der Waals surface area contributed by atoms with Crippen molar-refractivity contribution in [3.05, 3.63) is 47.4 Å². The third-order valence-electron chi connectivity index (χ3n) is 6.22. The molecule has 1 fully saturated rings. The molecule has 9 heteroatoms. The molecule has 172 valence electrons. The van der Waals surface area contributed by atoms with Gasteiger partial charge in [0.05, 0.1) is 11.4 Å². The average molecular weight is 458 g/mol. The molecule has 1 aliphatic rings. The van der Waals surface area contributed by atoms with E-state index in [9.17, 15) is 13.2 Å². The molecule has 1 amide bonds. The summed E-state index contributed by atoms with van der Waals surface area (Å²) in [6.07, 6.45) is 3.03. The topological polar surface area (TPSA) is 91.3 Å². The van der Waals surface area contributed by atoms with E-state index in [0.717, 1.165) is 16.5 Å². The lowest BCUT2D eigenvalue weighted by molar-refractivity contribution is -0.132. The zero-order valence-corrected chi connectivity index (χ0v) is 19.9. The Morgan fingerprint density at radius 3 is 2.47 bits per heavy atom. The largest absolute Gasteiger partial charge is 0.361 e. The van der Waals surface area contributed by atoms with Crippen molar-refractivity contribution in [2.75, 3.05) is 26.2 Å². The molecule has 0 saturated carbocycles. The molecule has 3 aromatic rings. The summed E-state index contributed by atoms with van der Waals surface area (Å²) >= 11 is 0. The van der Waals surface area contributed by atoms with Gasteiger partial charge in [0, 0.05) is 55.7 Å². The summed E-state index contributed by atoms with van der Waals surface area (Å²) in [5.74, 6) is 0.0623. The molecule has 0 radical (unpaired) electrons. The number of amides is 1. The normalized spacial score (nSPS) is 15.7. The first kappa shape index (κ1) is 22.5. The molecule has 0 aliphatic carbocycles. The molecule has 1 saturated heterocycles. The molecule has 32 heavy (non-hydrogen) atoms. The fourth-order valence-corrected chi connectivity index (χ4v) is 6.35. The molecule has 0 bridgehead atoms. The second-order valence-electron chi connectivity index (χ2n) is 8.68.